The minimum Gasteiger partial charge on any atom is -0.483 e. The predicted octanol–water partition coefficient (Wildman–Crippen LogP) is 2.35. The number of para-hydroxylation sites is 1. The van der Waals surface area contributed by atoms with E-state index in [-0.39, 0.29) is 19.1 Å². The first-order valence-electron chi connectivity index (χ1n) is 7.83. The first kappa shape index (κ1) is 14.4. The summed E-state index contributed by atoms with van der Waals surface area (Å²) in [5.41, 5.74) is 0.721. The van der Waals surface area contributed by atoms with E-state index in [0.29, 0.717) is 23.8 Å². The van der Waals surface area contributed by atoms with Crippen LogP contribution in [0.2, 0.25) is 0 Å². The van der Waals surface area contributed by atoms with E-state index in [0.717, 1.165) is 18.4 Å². The molecule has 0 heterocycles. The normalized spacial score (nSPS) is 19.1. The fourth-order valence-electron chi connectivity index (χ4n) is 2.91. The molecule has 1 aromatic carbocycles. The highest BCUT2D eigenvalue weighted by Crippen LogP contribution is 2.39. The maximum atomic E-state index is 12.5. The van der Waals surface area contributed by atoms with Crippen LogP contribution in [0.5, 0.6) is 5.75 Å². The van der Waals surface area contributed by atoms with Crippen molar-refractivity contribution in [1.82, 2.24) is 4.90 Å². The second-order valence-electron chi connectivity index (χ2n) is 6.16. The highest BCUT2D eigenvalue weighted by Gasteiger charge is 2.41. The molecule has 2 aliphatic carbocycles. The van der Waals surface area contributed by atoms with Gasteiger partial charge in [0.1, 0.15) is 5.75 Å². The number of amides is 1. The Morgan fingerprint density at radius 1 is 1.33 bits per heavy atom. The molecule has 2 fully saturated rings. The van der Waals surface area contributed by atoms with Gasteiger partial charge in [0.25, 0.3) is 5.91 Å². The summed E-state index contributed by atoms with van der Waals surface area (Å²) in [6.45, 7) is 2.15. The van der Waals surface area contributed by atoms with Crippen molar-refractivity contribution in [2.75, 3.05) is 6.61 Å². The van der Waals surface area contributed by atoms with Crippen molar-refractivity contribution in [3.63, 3.8) is 0 Å². The molecular weight excluding hydrogens is 266 g/mol. The van der Waals surface area contributed by atoms with Crippen molar-refractivity contribution >= 4 is 5.91 Å². The van der Waals surface area contributed by atoms with Crippen molar-refractivity contribution in [3.8, 4) is 5.75 Å². The van der Waals surface area contributed by atoms with Gasteiger partial charge in [-0.15, -0.1) is 0 Å². The lowest BCUT2D eigenvalue weighted by Gasteiger charge is -2.29. The fraction of sp³-hybridized carbons (Fsp3) is 0.588. The molecule has 1 N–H and O–H groups in total. The van der Waals surface area contributed by atoms with Gasteiger partial charge in [-0.1, -0.05) is 18.2 Å². The van der Waals surface area contributed by atoms with Crippen molar-refractivity contribution in [2.45, 2.75) is 51.3 Å². The molecule has 4 heteroatoms. The molecule has 1 aromatic rings. The molecule has 1 amide bonds. The van der Waals surface area contributed by atoms with Crippen LogP contribution in [0.4, 0.5) is 0 Å². The molecule has 1 unspecified atom stereocenters. The number of carbonyl (C=O) groups excluding carboxylic acids is 1. The number of aliphatic hydroxyl groups excluding tert-OH is 1. The molecule has 21 heavy (non-hydrogen) atoms. The lowest BCUT2D eigenvalue weighted by Crippen LogP contribution is -2.44. The zero-order valence-corrected chi connectivity index (χ0v) is 12.5. The lowest BCUT2D eigenvalue weighted by atomic mass is 10.1. The van der Waals surface area contributed by atoms with Crippen LogP contribution in [0.25, 0.3) is 0 Å². The number of hydrogen-bond donors (Lipinski definition) is 1. The molecule has 0 aliphatic heterocycles. The molecule has 2 saturated carbocycles. The fourth-order valence-corrected chi connectivity index (χ4v) is 2.91. The number of ether oxygens (including phenoxy) is 1. The van der Waals surface area contributed by atoms with Gasteiger partial charge in [-0.25, -0.2) is 0 Å². The minimum atomic E-state index is -0.0742. The van der Waals surface area contributed by atoms with Gasteiger partial charge in [0.05, 0.1) is 6.61 Å². The molecule has 0 saturated heterocycles. The molecule has 0 radical (unpaired) electrons. The summed E-state index contributed by atoms with van der Waals surface area (Å²) in [7, 11) is 0. The Morgan fingerprint density at radius 3 is 2.67 bits per heavy atom. The van der Waals surface area contributed by atoms with Crippen molar-refractivity contribution < 1.29 is 14.6 Å². The highest BCUT2D eigenvalue weighted by atomic mass is 16.5. The van der Waals surface area contributed by atoms with Crippen molar-refractivity contribution in [2.24, 2.45) is 5.92 Å². The summed E-state index contributed by atoms with van der Waals surface area (Å²) in [5, 5.41) is 9.29. The summed E-state index contributed by atoms with van der Waals surface area (Å²) in [6.07, 6.45) is 4.73. The number of nitrogens with zero attached hydrogens (tertiary/aromatic N) is 1. The van der Waals surface area contributed by atoms with Gasteiger partial charge in [-0.3, -0.25) is 4.79 Å². The van der Waals surface area contributed by atoms with E-state index in [1.807, 2.05) is 23.1 Å². The molecule has 0 bridgehead atoms. The summed E-state index contributed by atoms with van der Waals surface area (Å²) < 4.78 is 5.65. The summed E-state index contributed by atoms with van der Waals surface area (Å²) >= 11 is 0. The molecule has 3 rings (SSSR count). The Morgan fingerprint density at radius 2 is 2.05 bits per heavy atom. The SMILES string of the molecule is CC(C1CC1)N(C(=O)COc1ccccc1CO)C1CC1. The Hall–Kier alpha value is -1.55. The number of benzene rings is 1. The Kier molecular flexibility index (Phi) is 4.15. The molecule has 114 valence electrons. The second-order valence-corrected chi connectivity index (χ2v) is 6.16. The van der Waals surface area contributed by atoms with E-state index in [1.54, 1.807) is 6.07 Å². The zero-order valence-electron chi connectivity index (χ0n) is 12.5. The van der Waals surface area contributed by atoms with Crippen LogP contribution in [-0.4, -0.2) is 34.6 Å². The maximum absolute atomic E-state index is 12.5. The van der Waals surface area contributed by atoms with Gasteiger partial charge < -0.3 is 14.7 Å². The number of carbonyl (C=O) groups is 1. The lowest BCUT2D eigenvalue weighted by molar-refractivity contribution is -0.136. The third-order valence-electron chi connectivity index (χ3n) is 4.47. The smallest absolute Gasteiger partial charge is 0.261 e. The first-order valence-corrected chi connectivity index (χ1v) is 7.83. The number of rotatable bonds is 7. The zero-order chi connectivity index (χ0) is 14.8. The van der Waals surface area contributed by atoms with Crippen LogP contribution in [0.15, 0.2) is 24.3 Å². The summed E-state index contributed by atoms with van der Waals surface area (Å²) in [4.78, 5) is 14.6. The van der Waals surface area contributed by atoms with Crippen LogP contribution in [0.3, 0.4) is 0 Å². The van der Waals surface area contributed by atoms with Crippen LogP contribution >= 0.6 is 0 Å². The largest absolute Gasteiger partial charge is 0.483 e. The van der Waals surface area contributed by atoms with E-state index in [9.17, 15) is 9.90 Å². The van der Waals surface area contributed by atoms with E-state index in [2.05, 4.69) is 6.92 Å². The molecule has 0 aromatic heterocycles. The van der Waals surface area contributed by atoms with E-state index in [1.165, 1.54) is 12.8 Å². The monoisotopic (exact) mass is 289 g/mol. The molecule has 1 atom stereocenters. The quantitative estimate of drug-likeness (QED) is 0.838. The molecule has 4 nitrogen and oxygen atoms in total. The van der Waals surface area contributed by atoms with Gasteiger partial charge >= 0.3 is 0 Å². The van der Waals surface area contributed by atoms with Crippen LogP contribution < -0.4 is 4.74 Å². The van der Waals surface area contributed by atoms with E-state index in [4.69, 9.17) is 4.74 Å². The maximum Gasteiger partial charge on any atom is 0.261 e. The molecule has 0 spiro atoms. The van der Waals surface area contributed by atoms with Crippen molar-refractivity contribution in [3.05, 3.63) is 29.8 Å². The highest BCUT2D eigenvalue weighted by molar-refractivity contribution is 5.79. The molecular formula is C17H23NO3. The number of hydrogen-bond acceptors (Lipinski definition) is 3. The standard InChI is InChI=1S/C17H23NO3/c1-12(13-6-7-13)18(15-8-9-15)17(20)11-21-16-5-3-2-4-14(16)10-19/h2-5,12-13,15,19H,6-11H2,1H3. The average molecular weight is 289 g/mol. The summed E-state index contributed by atoms with van der Waals surface area (Å²) in [6, 6.07) is 8.07. The average Bonchev–Trinajstić information content (AvgIpc) is 3.38. The van der Waals surface area contributed by atoms with Gasteiger partial charge in [-0.05, 0) is 44.6 Å². The van der Waals surface area contributed by atoms with Gasteiger partial charge in [0.15, 0.2) is 6.61 Å². The Labute approximate surface area is 125 Å². The summed E-state index contributed by atoms with van der Waals surface area (Å²) in [5.74, 6) is 1.35. The van der Waals surface area contributed by atoms with Crippen LogP contribution in [0, 0.1) is 5.92 Å². The van der Waals surface area contributed by atoms with Gasteiger partial charge in [0, 0.05) is 17.6 Å². The molecule has 2 aliphatic rings. The minimum absolute atomic E-state index is 0.0601. The van der Waals surface area contributed by atoms with Crippen molar-refractivity contribution in [1.29, 1.82) is 0 Å². The van der Waals surface area contributed by atoms with Crippen LogP contribution in [-0.2, 0) is 11.4 Å². The van der Waals surface area contributed by atoms with Gasteiger partial charge in [-0.2, -0.15) is 0 Å². The van der Waals surface area contributed by atoms with E-state index >= 15 is 0 Å². The topological polar surface area (TPSA) is 49.8 Å². The second kappa shape index (κ2) is 6.06. The third-order valence-corrected chi connectivity index (χ3v) is 4.47. The first-order chi connectivity index (χ1) is 10.2. The van der Waals surface area contributed by atoms with E-state index < -0.39 is 0 Å². The number of aliphatic hydroxyl groups is 1. The van der Waals surface area contributed by atoms with Gasteiger partial charge in [0.2, 0.25) is 0 Å². The third kappa shape index (κ3) is 3.38. The Bertz CT molecular complexity index is 509. The van der Waals surface area contributed by atoms with Crippen LogP contribution in [0.1, 0.15) is 38.2 Å². The predicted molar refractivity (Wildman–Crippen MR) is 79.9 cm³/mol. The Balaban J connectivity index is 1.61.